The predicted molar refractivity (Wildman–Crippen MR) is 147 cm³/mol. The molecule has 0 atom stereocenters. The number of aromatic nitrogens is 1. The lowest BCUT2D eigenvalue weighted by Crippen LogP contribution is -2.14. The van der Waals surface area contributed by atoms with E-state index in [-0.39, 0.29) is 17.1 Å². The first-order chi connectivity index (χ1) is 19.4. The Hall–Kier alpha value is -5.37. The molecule has 4 rings (SSSR count). The average molecular weight is 561 g/mol. The Kier molecular flexibility index (Phi) is 7.96. The van der Waals surface area contributed by atoms with Gasteiger partial charge in [-0.15, -0.1) is 0 Å². The maximum atomic E-state index is 13.0. The third-order valence-corrected chi connectivity index (χ3v) is 6.33. The van der Waals surface area contributed by atoms with Gasteiger partial charge in [0.1, 0.15) is 17.4 Å². The Bertz CT molecular complexity index is 1720. The van der Waals surface area contributed by atoms with Crippen molar-refractivity contribution < 1.29 is 27.6 Å². The summed E-state index contributed by atoms with van der Waals surface area (Å²) in [5.41, 5.74) is 2.32. The predicted octanol–water partition coefficient (Wildman–Crippen LogP) is 7.67. The smallest absolute Gasteiger partial charge is 0.416 e. The number of carbonyl (C=O) groups is 1. The van der Waals surface area contributed by atoms with Crippen LogP contribution in [0.5, 0.6) is 11.5 Å². The van der Waals surface area contributed by atoms with E-state index in [1.807, 2.05) is 49.6 Å². The number of anilines is 1. The first kappa shape index (κ1) is 28.6. The number of amides is 1. The number of alkyl halides is 3. The summed E-state index contributed by atoms with van der Waals surface area (Å²) in [7, 11) is 0. The molecule has 1 N–H and O–H groups in total. The van der Waals surface area contributed by atoms with Gasteiger partial charge in [-0.3, -0.25) is 14.9 Å². The molecule has 3 aromatic carbocycles. The van der Waals surface area contributed by atoms with Crippen LogP contribution in [-0.2, 0) is 11.0 Å². The summed E-state index contributed by atoms with van der Waals surface area (Å²) in [5, 5.41) is 23.8. The molecule has 0 spiro atoms. The Labute approximate surface area is 233 Å². The van der Waals surface area contributed by atoms with Crippen LogP contribution >= 0.6 is 0 Å². The van der Waals surface area contributed by atoms with E-state index in [9.17, 15) is 33.3 Å². The Morgan fingerprint density at radius 2 is 1.73 bits per heavy atom. The number of carbonyl (C=O) groups excluding carboxylic acids is 1. The fourth-order valence-corrected chi connectivity index (χ4v) is 4.25. The van der Waals surface area contributed by atoms with Crippen molar-refractivity contribution in [2.75, 3.05) is 5.32 Å². The van der Waals surface area contributed by atoms with Crippen LogP contribution in [0, 0.1) is 42.2 Å². The quantitative estimate of drug-likeness (QED) is 0.108. The zero-order valence-corrected chi connectivity index (χ0v) is 22.1. The summed E-state index contributed by atoms with van der Waals surface area (Å²) >= 11 is 0. The molecule has 0 saturated carbocycles. The van der Waals surface area contributed by atoms with Gasteiger partial charge in [-0.2, -0.15) is 18.4 Å². The van der Waals surface area contributed by atoms with Gasteiger partial charge in [0.2, 0.25) is 5.75 Å². The normalized spacial score (nSPS) is 11.6. The van der Waals surface area contributed by atoms with Gasteiger partial charge in [-0.1, -0.05) is 18.2 Å². The first-order valence-electron chi connectivity index (χ1n) is 12.2. The van der Waals surface area contributed by atoms with Gasteiger partial charge >= 0.3 is 11.9 Å². The summed E-state index contributed by atoms with van der Waals surface area (Å²) < 4.78 is 46.4. The molecule has 1 amide bonds. The molecule has 0 fully saturated rings. The van der Waals surface area contributed by atoms with Gasteiger partial charge in [-0.25, -0.2) is 0 Å². The lowest BCUT2D eigenvalue weighted by molar-refractivity contribution is -0.385. The lowest BCUT2D eigenvalue weighted by atomic mass is 10.1. The Morgan fingerprint density at radius 1 is 1.05 bits per heavy atom. The largest absolute Gasteiger partial charge is 0.450 e. The van der Waals surface area contributed by atoms with Gasteiger partial charge in [0.05, 0.1) is 10.5 Å². The van der Waals surface area contributed by atoms with Gasteiger partial charge in [0.15, 0.2) is 0 Å². The molecule has 0 radical (unpaired) electrons. The van der Waals surface area contributed by atoms with Crippen LogP contribution in [0.1, 0.15) is 28.1 Å². The lowest BCUT2D eigenvalue weighted by Gasteiger charge is -2.12. The van der Waals surface area contributed by atoms with Crippen LogP contribution in [0.3, 0.4) is 0 Å². The molecule has 41 heavy (non-hydrogen) atoms. The van der Waals surface area contributed by atoms with Gasteiger partial charge in [0.25, 0.3) is 5.91 Å². The molecule has 1 heterocycles. The van der Waals surface area contributed by atoms with Crippen molar-refractivity contribution in [1.29, 1.82) is 5.26 Å². The molecule has 4 aromatic rings. The number of nitrogens with zero attached hydrogens (tertiary/aromatic N) is 3. The number of nitriles is 1. The number of rotatable bonds is 7. The number of nitro benzene ring substituents is 1. The number of ether oxygens (including phenoxy) is 1. The highest BCUT2D eigenvalue weighted by Gasteiger charge is 2.33. The average Bonchev–Trinajstić information content (AvgIpc) is 3.20. The number of benzene rings is 3. The monoisotopic (exact) mass is 560 g/mol. The minimum Gasteiger partial charge on any atom is -0.450 e. The highest BCUT2D eigenvalue weighted by atomic mass is 19.4. The summed E-state index contributed by atoms with van der Waals surface area (Å²) in [6.45, 7) is 5.52. The molecule has 0 saturated heterocycles. The molecule has 8 nitrogen and oxygen atoms in total. The molecule has 0 aliphatic rings. The summed E-state index contributed by atoms with van der Waals surface area (Å²) in [4.78, 5) is 23.2. The molecule has 208 valence electrons. The number of para-hydroxylation sites is 1. The van der Waals surface area contributed by atoms with E-state index in [2.05, 4.69) is 5.32 Å². The molecule has 1 aromatic heterocycles. The van der Waals surface area contributed by atoms with Crippen LogP contribution in [0.2, 0.25) is 0 Å². The Morgan fingerprint density at radius 3 is 2.34 bits per heavy atom. The van der Waals surface area contributed by atoms with Crippen molar-refractivity contribution in [3.05, 3.63) is 117 Å². The van der Waals surface area contributed by atoms with Crippen LogP contribution in [0.25, 0.3) is 11.8 Å². The minimum absolute atomic E-state index is 0.0737. The highest BCUT2D eigenvalue weighted by molar-refractivity contribution is 6.10. The van der Waals surface area contributed by atoms with Crippen molar-refractivity contribution in [3.63, 3.8) is 0 Å². The second kappa shape index (κ2) is 11.4. The number of halogens is 3. The zero-order chi connectivity index (χ0) is 29.9. The second-order valence-corrected chi connectivity index (χ2v) is 9.13. The molecule has 0 aliphatic carbocycles. The number of nitro groups is 1. The van der Waals surface area contributed by atoms with Crippen molar-refractivity contribution in [1.82, 2.24) is 4.57 Å². The highest BCUT2D eigenvalue weighted by Crippen LogP contribution is 2.38. The van der Waals surface area contributed by atoms with Crippen molar-refractivity contribution >= 4 is 23.4 Å². The number of hydrogen-bond donors (Lipinski definition) is 1. The molecule has 11 heteroatoms. The molecule has 0 unspecified atom stereocenters. The minimum atomic E-state index is -4.73. The maximum Gasteiger partial charge on any atom is 0.416 e. The van der Waals surface area contributed by atoms with Crippen molar-refractivity contribution in [2.24, 2.45) is 0 Å². The fourth-order valence-electron chi connectivity index (χ4n) is 4.25. The van der Waals surface area contributed by atoms with E-state index in [1.54, 1.807) is 24.3 Å². The summed E-state index contributed by atoms with van der Waals surface area (Å²) in [6, 6.07) is 19.5. The topological polar surface area (TPSA) is 110 Å². The van der Waals surface area contributed by atoms with Crippen LogP contribution in [0.4, 0.5) is 24.5 Å². The van der Waals surface area contributed by atoms with Crippen LogP contribution in [0.15, 0.2) is 78.4 Å². The molecule has 0 aliphatic heterocycles. The van der Waals surface area contributed by atoms with Crippen molar-refractivity contribution in [3.8, 4) is 23.3 Å². The number of nitrogens with one attached hydrogen (secondary N) is 1. The fraction of sp³-hybridized carbons (Fsp3) is 0.133. The van der Waals surface area contributed by atoms with Gasteiger partial charge in [0, 0.05) is 28.8 Å². The van der Waals surface area contributed by atoms with E-state index in [1.165, 1.54) is 18.2 Å². The van der Waals surface area contributed by atoms with Gasteiger partial charge < -0.3 is 14.6 Å². The third kappa shape index (κ3) is 6.28. The third-order valence-electron chi connectivity index (χ3n) is 6.33. The van der Waals surface area contributed by atoms with E-state index in [0.29, 0.717) is 23.0 Å². The first-order valence-corrected chi connectivity index (χ1v) is 12.2. The van der Waals surface area contributed by atoms with E-state index >= 15 is 0 Å². The van der Waals surface area contributed by atoms with Gasteiger partial charge in [-0.05, 0) is 86.5 Å². The summed E-state index contributed by atoms with van der Waals surface area (Å²) in [6.07, 6.45) is -3.22. The standard InChI is InChI=1S/C30H23F3N4O4/c1-18-6-4-5-7-26(18)35-29(38)22(17-34)15-21-14-19(2)36(20(21)3)24-9-11-25(12-10-24)41-28-13-8-23(30(31,32)33)16-27(28)37(39)40/h4-16H,1-3H3,(H,35,38)/b22-15+. The van der Waals surface area contributed by atoms with E-state index < -0.39 is 28.3 Å². The molecular formula is C30H23F3N4O4. The Balaban J connectivity index is 1.58. The van der Waals surface area contributed by atoms with Crippen LogP contribution in [-0.4, -0.2) is 15.4 Å². The van der Waals surface area contributed by atoms with E-state index in [4.69, 9.17) is 4.74 Å². The SMILES string of the molecule is Cc1ccccc1NC(=O)/C(C#N)=C/c1cc(C)n(-c2ccc(Oc3ccc(C(F)(F)F)cc3[N+](=O)[O-])cc2)c1C. The van der Waals surface area contributed by atoms with E-state index in [0.717, 1.165) is 29.1 Å². The number of aryl methyl sites for hydroxylation is 2. The number of hydrogen-bond acceptors (Lipinski definition) is 5. The summed E-state index contributed by atoms with van der Waals surface area (Å²) in [5.74, 6) is -0.686. The van der Waals surface area contributed by atoms with Crippen LogP contribution < -0.4 is 10.1 Å². The molecule has 0 bridgehead atoms. The van der Waals surface area contributed by atoms with Crippen molar-refractivity contribution in [2.45, 2.75) is 26.9 Å². The maximum absolute atomic E-state index is 13.0. The second-order valence-electron chi connectivity index (χ2n) is 9.13. The zero-order valence-electron chi connectivity index (χ0n) is 22.1. The molecular weight excluding hydrogens is 537 g/mol.